The van der Waals surface area contributed by atoms with Crippen LogP contribution in [-0.4, -0.2) is 96.7 Å². The molecule has 0 aromatic carbocycles. The Morgan fingerprint density at radius 2 is 1.02 bits per heavy atom. The Hall–Kier alpha value is -4.44. The van der Waals surface area contributed by atoms with E-state index in [1.54, 1.807) is 0 Å². The number of hydrogen-bond donors (Lipinski definition) is 6. The Bertz CT molecular complexity index is 1070. The van der Waals surface area contributed by atoms with E-state index in [1.807, 2.05) is 0 Å². The molecule has 40 heavy (non-hydrogen) atoms. The normalized spacial score (nSPS) is 29.3. The fourth-order valence-electron chi connectivity index (χ4n) is 4.46. The summed E-state index contributed by atoms with van der Waals surface area (Å²) in [6.07, 6.45) is 0.652. The van der Waals surface area contributed by atoms with Crippen molar-refractivity contribution in [3.63, 3.8) is 0 Å². The van der Waals surface area contributed by atoms with E-state index < -0.39 is 72.0 Å². The van der Waals surface area contributed by atoms with Crippen molar-refractivity contribution in [3.8, 4) is 0 Å². The van der Waals surface area contributed by atoms with Crippen LogP contribution in [0.3, 0.4) is 0 Å². The number of rotatable bonds is 14. The lowest BCUT2D eigenvalue weighted by Gasteiger charge is -2.20. The molecule has 16 nitrogen and oxygen atoms in total. The molecule has 2 heterocycles. The molecule has 2 fully saturated rings. The summed E-state index contributed by atoms with van der Waals surface area (Å²) >= 11 is 0. The average Bonchev–Trinajstić information content (AvgIpc) is 3.46. The van der Waals surface area contributed by atoms with E-state index in [0.29, 0.717) is 0 Å². The lowest BCUT2D eigenvalue weighted by molar-refractivity contribution is -0.159. The fraction of sp³-hybridized carbons (Fsp3) is 0.500. The number of carbonyl (C=O) groups excluding carboxylic acids is 2. The van der Waals surface area contributed by atoms with E-state index in [1.165, 1.54) is 24.3 Å². The van der Waals surface area contributed by atoms with Crippen LogP contribution in [0.25, 0.3) is 0 Å². The van der Waals surface area contributed by atoms with E-state index in [0.717, 1.165) is 0 Å². The number of nitrogens with zero attached hydrogens (tertiary/aromatic N) is 2. The van der Waals surface area contributed by atoms with Gasteiger partial charge >= 0.3 is 23.9 Å². The van der Waals surface area contributed by atoms with Gasteiger partial charge in [-0.1, -0.05) is 24.3 Å². The number of aliphatic imine (C=N–C) groups is 2. The molecule has 220 valence electrons. The first-order valence-corrected chi connectivity index (χ1v) is 12.1. The monoisotopic (exact) mass is 566 g/mol. The number of guanidine groups is 2. The van der Waals surface area contributed by atoms with Crippen LogP contribution in [0.5, 0.6) is 0 Å². The van der Waals surface area contributed by atoms with Crippen molar-refractivity contribution in [2.45, 2.75) is 24.4 Å². The first-order chi connectivity index (χ1) is 18.9. The van der Waals surface area contributed by atoms with Gasteiger partial charge in [-0.25, -0.2) is 0 Å². The van der Waals surface area contributed by atoms with Crippen molar-refractivity contribution in [1.29, 1.82) is 0 Å². The van der Waals surface area contributed by atoms with Gasteiger partial charge in [-0.15, -0.1) is 13.2 Å². The summed E-state index contributed by atoms with van der Waals surface area (Å²) < 4.78 is 22.0. The summed E-state index contributed by atoms with van der Waals surface area (Å²) in [6.45, 7) is 6.68. The second kappa shape index (κ2) is 14.6. The summed E-state index contributed by atoms with van der Waals surface area (Å²) in [6, 6.07) is 0. The van der Waals surface area contributed by atoms with Gasteiger partial charge in [0.1, 0.15) is 36.9 Å². The maximum Gasteiger partial charge on any atom is 0.312 e. The van der Waals surface area contributed by atoms with Gasteiger partial charge in [0.25, 0.3) is 0 Å². The van der Waals surface area contributed by atoms with Crippen LogP contribution in [0.1, 0.15) is 0 Å². The van der Waals surface area contributed by atoms with E-state index in [2.05, 4.69) is 23.1 Å². The third-order valence-corrected chi connectivity index (χ3v) is 6.15. The maximum atomic E-state index is 13.1. The van der Waals surface area contributed by atoms with E-state index >= 15 is 0 Å². The van der Waals surface area contributed by atoms with Gasteiger partial charge in [-0.3, -0.25) is 29.2 Å². The second-order valence-electron chi connectivity index (χ2n) is 8.71. The Labute approximate surface area is 229 Å². The van der Waals surface area contributed by atoms with Crippen molar-refractivity contribution >= 4 is 35.8 Å². The largest absolute Gasteiger partial charge is 0.481 e. The lowest BCUT2D eigenvalue weighted by Crippen LogP contribution is -2.37. The minimum absolute atomic E-state index is 0.0256. The molecule has 0 aromatic heterocycles. The first kappa shape index (κ1) is 31.8. The fourth-order valence-corrected chi connectivity index (χ4v) is 4.46. The molecule has 2 saturated heterocycles. The number of nitrogens with two attached hydrogens (primary N) is 4. The van der Waals surface area contributed by atoms with Crippen molar-refractivity contribution in [2.75, 3.05) is 26.3 Å². The van der Waals surface area contributed by atoms with Crippen LogP contribution in [0.4, 0.5) is 0 Å². The van der Waals surface area contributed by atoms with Gasteiger partial charge < -0.3 is 52.1 Å². The zero-order valence-corrected chi connectivity index (χ0v) is 21.5. The Kier molecular flexibility index (Phi) is 11.6. The molecule has 8 unspecified atom stereocenters. The predicted molar refractivity (Wildman–Crippen MR) is 139 cm³/mol. The minimum atomic E-state index is -1.46. The van der Waals surface area contributed by atoms with Crippen LogP contribution in [-0.2, 0) is 38.1 Å². The van der Waals surface area contributed by atoms with Crippen LogP contribution in [0, 0.1) is 23.7 Å². The first-order valence-electron chi connectivity index (χ1n) is 12.1. The third kappa shape index (κ3) is 8.03. The number of carboxylic acid groups (broad SMARTS) is 2. The van der Waals surface area contributed by atoms with Crippen molar-refractivity contribution in [1.82, 2.24) is 0 Å². The quantitative estimate of drug-likeness (QED) is 0.0425. The van der Waals surface area contributed by atoms with Crippen LogP contribution >= 0.6 is 0 Å². The van der Waals surface area contributed by atoms with Gasteiger partial charge in [0, 0.05) is 0 Å². The predicted octanol–water partition coefficient (Wildman–Crippen LogP) is -2.28. The highest BCUT2D eigenvalue weighted by Gasteiger charge is 2.53. The molecule has 16 heteroatoms. The van der Waals surface area contributed by atoms with Gasteiger partial charge in [-0.05, 0) is 0 Å². The molecule has 0 spiro atoms. The Balaban J connectivity index is 2.34. The summed E-state index contributed by atoms with van der Waals surface area (Å²) in [5.41, 5.74) is 21.1. The highest BCUT2D eigenvalue weighted by Crippen LogP contribution is 2.38. The molecule has 8 atom stereocenters. The maximum absolute atomic E-state index is 13.1. The summed E-state index contributed by atoms with van der Waals surface area (Å²) in [5, 5.41) is 19.3. The number of hydrogen-bond acceptors (Lipinski definition) is 10. The molecular formula is C24H34N6O10. The van der Waals surface area contributed by atoms with Gasteiger partial charge in [0.15, 0.2) is 11.9 Å². The minimum Gasteiger partial charge on any atom is -0.481 e. The average molecular weight is 567 g/mol. The molecule has 0 aliphatic carbocycles. The van der Waals surface area contributed by atoms with E-state index in [4.69, 9.17) is 41.9 Å². The molecule has 0 aromatic rings. The smallest absolute Gasteiger partial charge is 0.312 e. The molecule has 2 aliphatic heterocycles. The molecule has 0 radical (unpaired) electrons. The van der Waals surface area contributed by atoms with Crippen molar-refractivity contribution in [3.05, 3.63) is 37.5 Å². The zero-order chi connectivity index (χ0) is 30.0. The SMILES string of the molecule is C=CC1OC(/C=C\C2OC(C=C)C(C(=O)OCCN=C(N)N)C2C(=O)OCCN=C(N)N)C(C(=O)O)C1C(=O)O. The lowest BCUT2D eigenvalue weighted by atomic mass is 9.85. The highest BCUT2D eigenvalue weighted by atomic mass is 16.6. The summed E-state index contributed by atoms with van der Waals surface area (Å²) in [7, 11) is 0. The van der Waals surface area contributed by atoms with Crippen LogP contribution in [0.2, 0.25) is 0 Å². The van der Waals surface area contributed by atoms with E-state index in [9.17, 15) is 29.4 Å². The van der Waals surface area contributed by atoms with Gasteiger partial charge in [0.2, 0.25) is 0 Å². The second-order valence-corrected chi connectivity index (χ2v) is 8.71. The number of carboxylic acids is 2. The topological polar surface area (TPSA) is 274 Å². The molecule has 2 aliphatic rings. The molecule has 0 bridgehead atoms. The number of ether oxygens (including phenoxy) is 4. The molecule has 0 amide bonds. The van der Waals surface area contributed by atoms with Gasteiger partial charge in [0.05, 0.1) is 37.5 Å². The van der Waals surface area contributed by atoms with Crippen molar-refractivity contribution < 1.29 is 48.3 Å². The number of aliphatic carboxylic acids is 2. The number of carbonyl (C=O) groups is 4. The van der Waals surface area contributed by atoms with Crippen LogP contribution < -0.4 is 22.9 Å². The van der Waals surface area contributed by atoms with Crippen molar-refractivity contribution in [2.24, 2.45) is 56.6 Å². The van der Waals surface area contributed by atoms with E-state index in [-0.39, 0.29) is 38.2 Å². The molecule has 0 saturated carbocycles. The van der Waals surface area contributed by atoms with Crippen LogP contribution in [0.15, 0.2) is 47.4 Å². The Morgan fingerprint density at radius 1 is 0.675 bits per heavy atom. The molecular weight excluding hydrogens is 532 g/mol. The Morgan fingerprint density at radius 3 is 1.40 bits per heavy atom. The highest BCUT2D eigenvalue weighted by molar-refractivity contribution is 5.85. The molecule has 2 rings (SSSR count). The summed E-state index contributed by atoms with van der Waals surface area (Å²) in [4.78, 5) is 57.2. The summed E-state index contributed by atoms with van der Waals surface area (Å²) in [5.74, 6) is -10.2. The molecule has 10 N–H and O–H groups in total. The standard InChI is InChI=1S/C24H34N6O10/c1-3-11-15(19(31)32)16(20(33)34)13(39-11)5-6-14-18(22(36)38-10-8-30-24(27)28)17(12(4-2)40-14)21(35)37-9-7-29-23(25)26/h3-6,11-18H,1-2,7-10H2,(H,31,32)(H,33,34)(H4,25,26,29)(H4,27,28,30)/b6-5-. The zero-order valence-electron chi connectivity index (χ0n) is 21.5. The number of esters is 2. The van der Waals surface area contributed by atoms with Gasteiger partial charge in [-0.2, -0.15) is 0 Å². The third-order valence-electron chi connectivity index (χ3n) is 6.15.